The Kier molecular flexibility index (Phi) is 6.57. The van der Waals surface area contributed by atoms with Gasteiger partial charge in [0.2, 0.25) is 0 Å². The molecule has 4 aromatic rings. The number of aryl methyl sites for hydroxylation is 1. The summed E-state index contributed by atoms with van der Waals surface area (Å²) in [6.45, 7) is 11.1. The zero-order chi connectivity index (χ0) is 25.2. The molecule has 0 radical (unpaired) electrons. The van der Waals surface area contributed by atoms with Gasteiger partial charge in [-0.25, -0.2) is 5.84 Å². The summed E-state index contributed by atoms with van der Waals surface area (Å²) < 4.78 is 0. The maximum atomic E-state index is 6.89. The molecule has 5 nitrogen and oxygen atoms in total. The van der Waals surface area contributed by atoms with Crippen LogP contribution in [-0.2, 0) is 13.0 Å². The van der Waals surface area contributed by atoms with Crippen molar-refractivity contribution in [3.63, 3.8) is 0 Å². The molecule has 0 aliphatic carbocycles. The standard InChI is InChI=1S/C31H35N5/c1-21-7-4-8-24(15-21)16-27-19-35(23(3)30-11-6-14-34-30)18-22(2)31(27)36(33)20-26-10-5-9-25-17-28(32)12-13-29(25)26/h4-15,17,22,34H,3,16,18-20,32-33H2,1-2H3. The van der Waals surface area contributed by atoms with Gasteiger partial charge in [0.05, 0.1) is 17.9 Å². The average Bonchev–Trinajstić information content (AvgIpc) is 3.38. The number of anilines is 1. The van der Waals surface area contributed by atoms with Gasteiger partial charge in [0.15, 0.2) is 0 Å². The van der Waals surface area contributed by atoms with Crippen molar-refractivity contribution in [3.8, 4) is 0 Å². The quantitative estimate of drug-likeness (QED) is 0.177. The summed E-state index contributed by atoms with van der Waals surface area (Å²) in [7, 11) is 0. The lowest BCUT2D eigenvalue weighted by Crippen LogP contribution is -2.43. The van der Waals surface area contributed by atoms with Gasteiger partial charge in [0.1, 0.15) is 0 Å². The van der Waals surface area contributed by atoms with Crippen molar-refractivity contribution in [3.05, 3.63) is 119 Å². The van der Waals surface area contributed by atoms with Crippen molar-refractivity contribution in [1.29, 1.82) is 0 Å². The second-order valence-electron chi connectivity index (χ2n) is 9.99. The number of benzene rings is 3. The number of H-pyrrole nitrogens is 1. The topological polar surface area (TPSA) is 74.3 Å². The molecule has 1 aliphatic heterocycles. The summed E-state index contributed by atoms with van der Waals surface area (Å²) in [6.07, 6.45) is 2.80. The van der Waals surface area contributed by atoms with Crippen LogP contribution >= 0.6 is 0 Å². The molecule has 0 amide bonds. The number of nitrogen functional groups attached to an aromatic ring is 1. The highest BCUT2D eigenvalue weighted by atomic mass is 15.4. The number of aromatic amines is 1. The molecule has 0 fully saturated rings. The first kappa shape index (κ1) is 23.8. The van der Waals surface area contributed by atoms with E-state index < -0.39 is 0 Å². The first-order valence-corrected chi connectivity index (χ1v) is 12.5. The van der Waals surface area contributed by atoms with Gasteiger partial charge in [-0.05, 0) is 65.1 Å². The third kappa shape index (κ3) is 4.88. The monoisotopic (exact) mass is 477 g/mol. The molecular weight excluding hydrogens is 442 g/mol. The smallest absolute Gasteiger partial charge is 0.0612 e. The highest BCUT2D eigenvalue weighted by molar-refractivity contribution is 5.88. The molecule has 0 saturated carbocycles. The third-order valence-electron chi connectivity index (χ3n) is 7.14. The Bertz CT molecular complexity index is 1420. The lowest BCUT2D eigenvalue weighted by atomic mass is 9.91. The molecule has 3 aromatic carbocycles. The van der Waals surface area contributed by atoms with Gasteiger partial charge >= 0.3 is 0 Å². The Hall–Kier alpha value is -3.96. The molecular formula is C31H35N5. The number of rotatable bonds is 7. The van der Waals surface area contributed by atoms with Crippen LogP contribution in [0.4, 0.5) is 5.69 Å². The van der Waals surface area contributed by atoms with Crippen molar-refractivity contribution >= 4 is 22.2 Å². The average molecular weight is 478 g/mol. The number of nitrogens with one attached hydrogen (secondary N) is 1. The summed E-state index contributed by atoms with van der Waals surface area (Å²) in [5, 5.41) is 4.29. The van der Waals surface area contributed by atoms with Crippen molar-refractivity contribution in [2.24, 2.45) is 11.8 Å². The maximum Gasteiger partial charge on any atom is 0.0612 e. The molecule has 36 heavy (non-hydrogen) atoms. The van der Waals surface area contributed by atoms with Crippen LogP contribution in [0.1, 0.15) is 29.3 Å². The van der Waals surface area contributed by atoms with Gasteiger partial charge in [-0.3, -0.25) is 0 Å². The van der Waals surface area contributed by atoms with Gasteiger partial charge in [0, 0.05) is 36.6 Å². The third-order valence-corrected chi connectivity index (χ3v) is 7.14. The van der Waals surface area contributed by atoms with Crippen LogP contribution in [0.3, 0.4) is 0 Å². The van der Waals surface area contributed by atoms with E-state index in [0.29, 0.717) is 6.54 Å². The lowest BCUT2D eigenvalue weighted by Gasteiger charge is -2.40. The second kappa shape index (κ2) is 9.96. The van der Waals surface area contributed by atoms with Crippen LogP contribution in [0.5, 0.6) is 0 Å². The maximum absolute atomic E-state index is 6.89. The fraction of sp³-hybridized carbons (Fsp3) is 0.226. The highest BCUT2D eigenvalue weighted by Gasteiger charge is 2.29. The Balaban J connectivity index is 1.50. The zero-order valence-corrected chi connectivity index (χ0v) is 21.2. The molecule has 0 spiro atoms. The Morgan fingerprint density at radius 2 is 1.92 bits per heavy atom. The van der Waals surface area contributed by atoms with E-state index >= 15 is 0 Å². The van der Waals surface area contributed by atoms with Crippen molar-refractivity contribution < 1.29 is 0 Å². The number of aromatic nitrogens is 1. The number of hydrogen-bond acceptors (Lipinski definition) is 4. The molecule has 5 N–H and O–H groups in total. The van der Waals surface area contributed by atoms with E-state index in [1.165, 1.54) is 33.3 Å². The predicted molar refractivity (Wildman–Crippen MR) is 151 cm³/mol. The SMILES string of the molecule is C=C(c1ccc[nH]1)N1CC(Cc2cccc(C)c2)=C(N(N)Cc2cccc3cc(N)ccc23)C(C)C1. The number of hydrazine groups is 1. The molecule has 1 atom stereocenters. The minimum Gasteiger partial charge on any atom is -0.399 e. The normalized spacial score (nSPS) is 16.0. The van der Waals surface area contributed by atoms with Gasteiger partial charge in [-0.1, -0.05) is 67.6 Å². The van der Waals surface area contributed by atoms with E-state index in [2.05, 4.69) is 84.9 Å². The van der Waals surface area contributed by atoms with E-state index in [4.69, 9.17) is 11.6 Å². The van der Waals surface area contributed by atoms with Crippen LogP contribution < -0.4 is 11.6 Å². The summed E-state index contributed by atoms with van der Waals surface area (Å²) in [6, 6.07) is 25.3. The van der Waals surface area contributed by atoms with Crippen LogP contribution in [0, 0.1) is 12.8 Å². The Labute approximate surface area is 213 Å². The fourth-order valence-electron chi connectivity index (χ4n) is 5.50. The fourth-order valence-corrected chi connectivity index (χ4v) is 5.50. The molecule has 1 aromatic heterocycles. The summed E-state index contributed by atoms with van der Waals surface area (Å²) in [5.41, 5.74) is 15.2. The van der Waals surface area contributed by atoms with Gasteiger partial charge < -0.3 is 20.6 Å². The zero-order valence-electron chi connectivity index (χ0n) is 21.2. The minimum atomic E-state index is 0.251. The summed E-state index contributed by atoms with van der Waals surface area (Å²) in [5.74, 6) is 7.14. The van der Waals surface area contributed by atoms with E-state index in [-0.39, 0.29) is 5.92 Å². The highest BCUT2D eigenvalue weighted by Crippen LogP contribution is 2.33. The van der Waals surface area contributed by atoms with Crippen LogP contribution in [0.15, 0.2) is 96.8 Å². The molecule has 5 heteroatoms. The number of nitrogens with two attached hydrogens (primary N) is 2. The minimum absolute atomic E-state index is 0.251. The van der Waals surface area contributed by atoms with E-state index in [0.717, 1.165) is 42.0 Å². The Morgan fingerprint density at radius 1 is 1.08 bits per heavy atom. The second-order valence-corrected chi connectivity index (χ2v) is 9.99. The molecule has 5 rings (SSSR count). The molecule has 0 saturated heterocycles. The van der Waals surface area contributed by atoms with Crippen molar-refractivity contribution in [2.75, 3.05) is 18.8 Å². The van der Waals surface area contributed by atoms with Gasteiger partial charge in [-0.15, -0.1) is 0 Å². The number of fused-ring (bicyclic) bond motifs is 1. The van der Waals surface area contributed by atoms with Crippen LogP contribution in [0.25, 0.3) is 16.5 Å². The van der Waals surface area contributed by atoms with Crippen molar-refractivity contribution in [2.45, 2.75) is 26.8 Å². The van der Waals surface area contributed by atoms with Crippen LogP contribution in [0.2, 0.25) is 0 Å². The first-order valence-electron chi connectivity index (χ1n) is 12.5. The predicted octanol–water partition coefficient (Wildman–Crippen LogP) is 5.85. The number of nitrogens with zero attached hydrogens (tertiary/aromatic N) is 2. The number of hydrogen-bond donors (Lipinski definition) is 3. The summed E-state index contributed by atoms with van der Waals surface area (Å²) >= 11 is 0. The summed E-state index contributed by atoms with van der Waals surface area (Å²) in [4.78, 5) is 5.68. The molecule has 0 bridgehead atoms. The first-order chi connectivity index (χ1) is 17.4. The molecule has 184 valence electrons. The largest absolute Gasteiger partial charge is 0.399 e. The lowest BCUT2D eigenvalue weighted by molar-refractivity contribution is 0.249. The van der Waals surface area contributed by atoms with E-state index in [1.54, 1.807) is 0 Å². The molecule has 1 aliphatic rings. The molecule has 2 heterocycles. The van der Waals surface area contributed by atoms with E-state index in [1.807, 2.05) is 29.4 Å². The van der Waals surface area contributed by atoms with Crippen LogP contribution in [-0.4, -0.2) is 28.0 Å². The van der Waals surface area contributed by atoms with Crippen molar-refractivity contribution in [1.82, 2.24) is 14.9 Å². The van der Waals surface area contributed by atoms with Gasteiger partial charge in [-0.2, -0.15) is 0 Å². The molecule has 1 unspecified atom stereocenters. The van der Waals surface area contributed by atoms with Gasteiger partial charge in [0.25, 0.3) is 0 Å². The Morgan fingerprint density at radius 3 is 2.69 bits per heavy atom. The van der Waals surface area contributed by atoms with E-state index in [9.17, 15) is 0 Å².